The van der Waals surface area contributed by atoms with Crippen molar-refractivity contribution in [2.75, 3.05) is 6.54 Å². The van der Waals surface area contributed by atoms with Gasteiger partial charge in [-0.2, -0.15) is 0 Å². The van der Waals surface area contributed by atoms with Crippen molar-refractivity contribution in [3.8, 4) is 0 Å². The third-order valence-corrected chi connectivity index (χ3v) is 4.29. The highest BCUT2D eigenvalue weighted by atomic mass is 79.9. The third kappa shape index (κ3) is 4.01. The van der Waals surface area contributed by atoms with Crippen LogP contribution >= 0.6 is 15.9 Å². The SMILES string of the molecule is O=[N+]([O-])c1cc(Br)ccc1CNCC1(O)CCCCC1. The molecule has 0 spiro atoms. The molecule has 1 aromatic carbocycles. The minimum Gasteiger partial charge on any atom is -0.389 e. The van der Waals surface area contributed by atoms with E-state index >= 15 is 0 Å². The molecule has 1 fully saturated rings. The number of rotatable bonds is 5. The number of nitrogens with zero attached hydrogens (tertiary/aromatic N) is 1. The van der Waals surface area contributed by atoms with Crippen LogP contribution in [0.5, 0.6) is 0 Å². The molecule has 5 nitrogen and oxygen atoms in total. The average Bonchev–Trinajstić information content (AvgIpc) is 2.41. The lowest BCUT2D eigenvalue weighted by molar-refractivity contribution is -0.385. The van der Waals surface area contributed by atoms with Crippen LogP contribution in [0.1, 0.15) is 37.7 Å². The summed E-state index contributed by atoms with van der Waals surface area (Å²) >= 11 is 3.24. The summed E-state index contributed by atoms with van der Waals surface area (Å²) < 4.78 is 0.693. The number of nitro groups is 1. The van der Waals surface area contributed by atoms with Gasteiger partial charge in [-0.15, -0.1) is 0 Å². The van der Waals surface area contributed by atoms with Crippen molar-refractivity contribution in [2.24, 2.45) is 0 Å². The van der Waals surface area contributed by atoms with Gasteiger partial charge in [-0.25, -0.2) is 0 Å². The fourth-order valence-corrected chi connectivity index (χ4v) is 3.02. The van der Waals surface area contributed by atoms with Gasteiger partial charge in [-0.05, 0) is 25.0 Å². The zero-order valence-corrected chi connectivity index (χ0v) is 12.9. The number of halogens is 1. The van der Waals surface area contributed by atoms with Gasteiger partial charge in [0.05, 0.1) is 10.5 Å². The average molecular weight is 343 g/mol. The molecule has 0 saturated heterocycles. The third-order valence-electron chi connectivity index (χ3n) is 3.80. The van der Waals surface area contributed by atoms with Gasteiger partial charge in [-0.1, -0.05) is 35.2 Å². The van der Waals surface area contributed by atoms with E-state index < -0.39 is 5.60 Å². The van der Waals surface area contributed by atoms with Gasteiger partial charge >= 0.3 is 0 Å². The normalized spacial score (nSPS) is 17.9. The Labute approximate surface area is 126 Å². The van der Waals surface area contributed by atoms with E-state index in [1.807, 2.05) is 0 Å². The lowest BCUT2D eigenvalue weighted by atomic mass is 9.85. The minimum atomic E-state index is -0.650. The fraction of sp³-hybridized carbons (Fsp3) is 0.571. The Morgan fingerprint density at radius 3 is 2.70 bits per heavy atom. The monoisotopic (exact) mass is 342 g/mol. The molecule has 0 heterocycles. The van der Waals surface area contributed by atoms with Gasteiger partial charge in [-0.3, -0.25) is 10.1 Å². The molecule has 1 saturated carbocycles. The number of aliphatic hydroxyl groups is 1. The zero-order chi connectivity index (χ0) is 14.6. The fourth-order valence-electron chi connectivity index (χ4n) is 2.67. The first kappa shape index (κ1) is 15.4. The van der Waals surface area contributed by atoms with Crippen molar-refractivity contribution in [1.29, 1.82) is 0 Å². The van der Waals surface area contributed by atoms with Crippen molar-refractivity contribution in [1.82, 2.24) is 5.32 Å². The smallest absolute Gasteiger partial charge is 0.275 e. The van der Waals surface area contributed by atoms with E-state index in [4.69, 9.17) is 0 Å². The van der Waals surface area contributed by atoms with E-state index in [2.05, 4.69) is 21.2 Å². The standard InChI is InChI=1S/C14H19BrN2O3/c15-12-5-4-11(13(8-12)17(19)20)9-16-10-14(18)6-2-1-3-7-14/h4-5,8,16,18H,1-3,6-7,9-10H2. The summed E-state index contributed by atoms with van der Waals surface area (Å²) in [6, 6.07) is 5.03. The summed E-state index contributed by atoms with van der Waals surface area (Å²) in [6.45, 7) is 0.881. The molecule has 6 heteroatoms. The molecule has 0 atom stereocenters. The summed E-state index contributed by atoms with van der Waals surface area (Å²) in [6.07, 6.45) is 4.90. The number of hydrogen-bond acceptors (Lipinski definition) is 4. The maximum absolute atomic E-state index is 11.0. The summed E-state index contributed by atoms with van der Waals surface area (Å²) in [5, 5.41) is 24.5. The zero-order valence-electron chi connectivity index (χ0n) is 11.3. The van der Waals surface area contributed by atoms with Crippen LogP contribution in [0.15, 0.2) is 22.7 Å². The molecule has 2 rings (SSSR count). The van der Waals surface area contributed by atoms with Crippen LogP contribution in [0.25, 0.3) is 0 Å². The van der Waals surface area contributed by atoms with E-state index in [-0.39, 0.29) is 10.6 Å². The Bertz CT molecular complexity index is 487. The van der Waals surface area contributed by atoms with Crippen LogP contribution in [0, 0.1) is 10.1 Å². The maximum atomic E-state index is 11.0. The van der Waals surface area contributed by atoms with Crippen LogP contribution < -0.4 is 5.32 Å². The van der Waals surface area contributed by atoms with E-state index in [0.717, 1.165) is 25.7 Å². The Balaban J connectivity index is 1.95. The van der Waals surface area contributed by atoms with Crippen molar-refractivity contribution in [3.05, 3.63) is 38.3 Å². The van der Waals surface area contributed by atoms with Crippen molar-refractivity contribution >= 4 is 21.6 Å². The summed E-state index contributed by atoms with van der Waals surface area (Å²) in [5.74, 6) is 0. The van der Waals surface area contributed by atoms with Crippen LogP contribution in [0.4, 0.5) is 5.69 Å². The number of nitrogens with one attached hydrogen (secondary N) is 1. The highest BCUT2D eigenvalue weighted by Gasteiger charge is 2.28. The Morgan fingerprint density at radius 1 is 1.35 bits per heavy atom. The van der Waals surface area contributed by atoms with E-state index in [1.54, 1.807) is 12.1 Å². The first-order valence-electron chi connectivity index (χ1n) is 6.86. The largest absolute Gasteiger partial charge is 0.389 e. The van der Waals surface area contributed by atoms with Gasteiger partial charge in [0.15, 0.2) is 0 Å². The Kier molecular flexibility index (Phi) is 5.12. The first-order chi connectivity index (χ1) is 9.50. The van der Waals surface area contributed by atoms with E-state index in [9.17, 15) is 15.2 Å². The topological polar surface area (TPSA) is 75.4 Å². The van der Waals surface area contributed by atoms with Crippen LogP contribution in [0.3, 0.4) is 0 Å². The summed E-state index contributed by atoms with van der Waals surface area (Å²) in [5.41, 5.74) is 0.0858. The number of benzene rings is 1. The second-order valence-corrected chi connectivity index (χ2v) is 6.33. The molecule has 0 unspecified atom stereocenters. The van der Waals surface area contributed by atoms with Crippen LogP contribution in [0.2, 0.25) is 0 Å². The number of nitro benzene ring substituents is 1. The van der Waals surface area contributed by atoms with E-state index in [1.165, 1.54) is 12.5 Å². The van der Waals surface area contributed by atoms with Crippen molar-refractivity contribution in [3.63, 3.8) is 0 Å². The van der Waals surface area contributed by atoms with Crippen molar-refractivity contribution in [2.45, 2.75) is 44.2 Å². The highest BCUT2D eigenvalue weighted by Crippen LogP contribution is 2.28. The molecule has 1 aromatic rings. The molecule has 0 aromatic heterocycles. The predicted octanol–water partition coefficient (Wildman–Crippen LogP) is 3.14. The summed E-state index contributed by atoms with van der Waals surface area (Å²) in [4.78, 5) is 10.6. The second kappa shape index (κ2) is 6.65. The molecule has 1 aliphatic rings. The van der Waals surface area contributed by atoms with Gasteiger partial charge in [0.25, 0.3) is 5.69 Å². The van der Waals surface area contributed by atoms with E-state index in [0.29, 0.717) is 23.1 Å². The Hall–Kier alpha value is -0.980. The molecular formula is C14H19BrN2O3. The quantitative estimate of drug-likeness (QED) is 0.636. The minimum absolute atomic E-state index is 0.0995. The molecule has 110 valence electrons. The second-order valence-electron chi connectivity index (χ2n) is 5.42. The van der Waals surface area contributed by atoms with Gasteiger partial charge in [0, 0.05) is 29.2 Å². The molecule has 0 aliphatic heterocycles. The van der Waals surface area contributed by atoms with Crippen LogP contribution in [-0.4, -0.2) is 22.2 Å². The molecule has 2 N–H and O–H groups in total. The van der Waals surface area contributed by atoms with Gasteiger partial charge in [0.1, 0.15) is 0 Å². The molecule has 20 heavy (non-hydrogen) atoms. The van der Waals surface area contributed by atoms with Gasteiger partial charge in [0.2, 0.25) is 0 Å². The van der Waals surface area contributed by atoms with Crippen molar-refractivity contribution < 1.29 is 10.0 Å². The highest BCUT2D eigenvalue weighted by molar-refractivity contribution is 9.10. The maximum Gasteiger partial charge on any atom is 0.275 e. The molecule has 0 bridgehead atoms. The Morgan fingerprint density at radius 2 is 2.05 bits per heavy atom. The lowest BCUT2D eigenvalue weighted by Crippen LogP contribution is -2.41. The summed E-state index contributed by atoms with van der Waals surface area (Å²) in [7, 11) is 0. The molecule has 1 aliphatic carbocycles. The molecule has 0 radical (unpaired) electrons. The lowest BCUT2D eigenvalue weighted by Gasteiger charge is -2.32. The van der Waals surface area contributed by atoms with Crippen LogP contribution in [-0.2, 0) is 6.54 Å². The number of hydrogen-bond donors (Lipinski definition) is 2. The first-order valence-corrected chi connectivity index (χ1v) is 7.65. The van der Waals surface area contributed by atoms with Gasteiger partial charge < -0.3 is 10.4 Å². The molecular weight excluding hydrogens is 324 g/mol. The molecule has 0 amide bonds. The predicted molar refractivity (Wildman–Crippen MR) is 80.5 cm³/mol.